The first-order valence-electron chi connectivity index (χ1n) is 6.34. The fourth-order valence-electron chi connectivity index (χ4n) is 2.01. The van der Waals surface area contributed by atoms with E-state index in [1.807, 2.05) is 32.0 Å². The van der Waals surface area contributed by atoms with Gasteiger partial charge in [0.1, 0.15) is 11.2 Å². The van der Waals surface area contributed by atoms with Gasteiger partial charge >= 0.3 is 0 Å². The Labute approximate surface area is 130 Å². The van der Waals surface area contributed by atoms with Crippen molar-refractivity contribution in [2.24, 2.45) is 5.10 Å². The maximum Gasteiger partial charge on any atom is 0.282 e. The minimum atomic E-state index is -0.162. The van der Waals surface area contributed by atoms with Crippen LogP contribution in [0.25, 0.3) is 10.2 Å². The zero-order valence-electron chi connectivity index (χ0n) is 11.5. The van der Waals surface area contributed by atoms with Gasteiger partial charge in [0, 0.05) is 15.5 Å². The molecule has 106 valence electrons. The van der Waals surface area contributed by atoms with Crippen molar-refractivity contribution in [3.8, 4) is 0 Å². The van der Waals surface area contributed by atoms with E-state index in [1.54, 1.807) is 12.3 Å². The van der Waals surface area contributed by atoms with Crippen molar-refractivity contribution in [1.82, 2.24) is 9.66 Å². The third-order valence-electron chi connectivity index (χ3n) is 3.30. The lowest BCUT2D eigenvalue weighted by molar-refractivity contribution is 0.818. The van der Waals surface area contributed by atoms with Gasteiger partial charge in [-0.15, -0.1) is 11.3 Å². The third-order valence-corrected chi connectivity index (χ3v) is 4.76. The second-order valence-electron chi connectivity index (χ2n) is 4.62. The number of nitrogens with zero attached hydrogens (tertiary/aromatic N) is 3. The molecule has 2 aromatic heterocycles. The molecule has 0 saturated heterocycles. The Kier molecular flexibility index (Phi) is 3.61. The molecule has 0 aliphatic rings. The molecule has 3 aromatic rings. The highest BCUT2D eigenvalue weighted by molar-refractivity contribution is 7.18. The lowest BCUT2D eigenvalue weighted by Crippen LogP contribution is -2.17. The number of rotatable bonds is 2. The molecule has 0 saturated carbocycles. The molecule has 0 bridgehead atoms. The number of hydrogen-bond donors (Lipinski definition) is 0. The normalized spacial score (nSPS) is 11.6. The van der Waals surface area contributed by atoms with Crippen molar-refractivity contribution < 1.29 is 0 Å². The zero-order valence-corrected chi connectivity index (χ0v) is 13.1. The van der Waals surface area contributed by atoms with Crippen LogP contribution in [0.1, 0.15) is 16.0 Å². The van der Waals surface area contributed by atoms with E-state index in [9.17, 15) is 4.79 Å². The van der Waals surface area contributed by atoms with Crippen molar-refractivity contribution in [3.63, 3.8) is 0 Å². The Morgan fingerprint density at radius 2 is 2.10 bits per heavy atom. The molecule has 0 atom stereocenters. The van der Waals surface area contributed by atoms with Crippen molar-refractivity contribution in [2.45, 2.75) is 13.8 Å². The zero-order chi connectivity index (χ0) is 15.0. The van der Waals surface area contributed by atoms with Crippen LogP contribution in [0.5, 0.6) is 0 Å². The van der Waals surface area contributed by atoms with E-state index in [1.165, 1.54) is 22.3 Å². The topological polar surface area (TPSA) is 47.2 Å². The molecule has 1 aromatic carbocycles. The van der Waals surface area contributed by atoms with Crippen LogP contribution in [0.4, 0.5) is 0 Å². The van der Waals surface area contributed by atoms with Gasteiger partial charge < -0.3 is 0 Å². The van der Waals surface area contributed by atoms with Crippen molar-refractivity contribution >= 4 is 39.4 Å². The summed E-state index contributed by atoms with van der Waals surface area (Å²) in [4.78, 5) is 18.6. The molecule has 0 unspecified atom stereocenters. The van der Waals surface area contributed by atoms with E-state index in [2.05, 4.69) is 10.1 Å². The quantitative estimate of drug-likeness (QED) is 0.678. The number of hydrogen-bond acceptors (Lipinski definition) is 4. The number of benzene rings is 1. The van der Waals surface area contributed by atoms with E-state index >= 15 is 0 Å². The summed E-state index contributed by atoms with van der Waals surface area (Å²) < 4.78 is 1.24. The summed E-state index contributed by atoms with van der Waals surface area (Å²) in [6.45, 7) is 3.91. The molecule has 3 rings (SSSR count). The first kappa shape index (κ1) is 14.0. The largest absolute Gasteiger partial charge is 0.282 e. The highest BCUT2D eigenvalue weighted by atomic mass is 35.5. The second-order valence-corrected chi connectivity index (χ2v) is 6.23. The third kappa shape index (κ3) is 2.50. The maximum atomic E-state index is 12.5. The second kappa shape index (κ2) is 5.42. The number of thiophene rings is 1. The number of halogens is 1. The van der Waals surface area contributed by atoms with Gasteiger partial charge in [-0.1, -0.05) is 29.8 Å². The lowest BCUT2D eigenvalue weighted by atomic mass is 10.2. The number of aromatic nitrogens is 2. The van der Waals surface area contributed by atoms with Gasteiger partial charge in [0.2, 0.25) is 0 Å². The van der Waals surface area contributed by atoms with Gasteiger partial charge in [-0.25, -0.2) is 4.98 Å². The van der Waals surface area contributed by atoms with Gasteiger partial charge in [0.25, 0.3) is 5.56 Å². The summed E-state index contributed by atoms with van der Waals surface area (Å²) in [5, 5.41) is 5.40. The average Bonchev–Trinajstić information content (AvgIpc) is 2.76. The Morgan fingerprint density at radius 3 is 2.86 bits per heavy atom. The smallest absolute Gasteiger partial charge is 0.267 e. The standard InChI is InChI=1S/C15H12ClN3OS/c1-9-10(2)21-14-13(9)15(20)19(8-17-14)18-7-11-5-3-4-6-12(11)16/h3-8H,1-2H3. The van der Waals surface area contributed by atoms with Crippen LogP contribution < -0.4 is 5.56 Å². The fraction of sp³-hybridized carbons (Fsp3) is 0.133. The molecule has 0 aliphatic heterocycles. The lowest BCUT2D eigenvalue weighted by Gasteiger charge is -1.99. The Bertz CT molecular complexity index is 911. The van der Waals surface area contributed by atoms with Crippen LogP contribution in [0.3, 0.4) is 0 Å². The van der Waals surface area contributed by atoms with E-state index < -0.39 is 0 Å². The van der Waals surface area contributed by atoms with Crippen molar-refractivity contribution in [1.29, 1.82) is 0 Å². The van der Waals surface area contributed by atoms with Gasteiger partial charge in [-0.2, -0.15) is 9.78 Å². The molecule has 2 heterocycles. The predicted molar refractivity (Wildman–Crippen MR) is 87.8 cm³/mol. The van der Waals surface area contributed by atoms with Crippen molar-refractivity contribution in [3.05, 3.63) is 62.0 Å². The van der Waals surface area contributed by atoms with Crippen LogP contribution in [-0.2, 0) is 0 Å². The summed E-state index contributed by atoms with van der Waals surface area (Å²) in [5.74, 6) is 0. The molecule has 6 heteroatoms. The SMILES string of the molecule is Cc1sc2ncn(N=Cc3ccccc3Cl)c(=O)c2c1C. The number of fused-ring (bicyclic) bond motifs is 1. The summed E-state index contributed by atoms with van der Waals surface area (Å²) in [6, 6.07) is 7.32. The summed E-state index contributed by atoms with van der Waals surface area (Å²) in [5.41, 5.74) is 1.56. The summed E-state index contributed by atoms with van der Waals surface area (Å²) >= 11 is 7.58. The fourth-order valence-corrected chi connectivity index (χ4v) is 3.18. The molecule has 0 fully saturated rings. The average molecular weight is 318 g/mol. The molecule has 4 nitrogen and oxygen atoms in total. The number of aryl methyl sites for hydroxylation is 2. The van der Waals surface area contributed by atoms with E-state index in [-0.39, 0.29) is 5.56 Å². The minimum absolute atomic E-state index is 0.162. The molecule has 0 N–H and O–H groups in total. The highest BCUT2D eigenvalue weighted by Gasteiger charge is 2.11. The van der Waals surface area contributed by atoms with Crippen LogP contribution in [0.15, 0.2) is 40.5 Å². The summed E-state index contributed by atoms with van der Waals surface area (Å²) in [6.07, 6.45) is 3.00. The van der Waals surface area contributed by atoms with Crippen LogP contribution >= 0.6 is 22.9 Å². The Hall–Kier alpha value is -1.98. The molecule has 0 spiro atoms. The van der Waals surface area contributed by atoms with E-state index in [0.29, 0.717) is 10.4 Å². The first-order valence-corrected chi connectivity index (χ1v) is 7.53. The van der Waals surface area contributed by atoms with Gasteiger partial charge in [0.05, 0.1) is 11.6 Å². The molecular formula is C15H12ClN3OS. The summed E-state index contributed by atoms with van der Waals surface area (Å²) in [7, 11) is 0. The van der Waals surface area contributed by atoms with Crippen LogP contribution in [0, 0.1) is 13.8 Å². The Morgan fingerprint density at radius 1 is 1.33 bits per heavy atom. The molecule has 0 aliphatic carbocycles. The van der Waals surface area contributed by atoms with Gasteiger partial charge in [-0.05, 0) is 25.5 Å². The van der Waals surface area contributed by atoms with Crippen LogP contribution in [-0.4, -0.2) is 15.9 Å². The minimum Gasteiger partial charge on any atom is -0.267 e. The van der Waals surface area contributed by atoms with Gasteiger partial charge in [-0.3, -0.25) is 4.79 Å². The van der Waals surface area contributed by atoms with E-state index in [4.69, 9.17) is 11.6 Å². The van der Waals surface area contributed by atoms with Gasteiger partial charge in [0.15, 0.2) is 0 Å². The molecule has 0 amide bonds. The molecule has 0 radical (unpaired) electrons. The first-order chi connectivity index (χ1) is 10.1. The predicted octanol–water partition coefficient (Wildman–Crippen LogP) is 3.61. The van der Waals surface area contributed by atoms with Crippen molar-refractivity contribution in [2.75, 3.05) is 0 Å². The monoisotopic (exact) mass is 317 g/mol. The Balaban J connectivity index is 2.10. The van der Waals surface area contributed by atoms with E-state index in [0.717, 1.165) is 20.8 Å². The maximum absolute atomic E-state index is 12.5. The van der Waals surface area contributed by atoms with Crippen LogP contribution in [0.2, 0.25) is 5.02 Å². The molecular weight excluding hydrogens is 306 g/mol. The molecule has 21 heavy (non-hydrogen) atoms. The highest BCUT2D eigenvalue weighted by Crippen LogP contribution is 2.25.